The quantitative estimate of drug-likeness (QED) is 0.620. The lowest BCUT2D eigenvalue weighted by Gasteiger charge is -2.26. The lowest BCUT2D eigenvalue weighted by atomic mass is 9.96. The summed E-state index contributed by atoms with van der Waals surface area (Å²) in [5.74, 6) is -0.118. The van der Waals surface area contributed by atoms with Crippen LogP contribution in [-0.2, 0) is 14.3 Å². The highest BCUT2D eigenvalue weighted by atomic mass is 16.5. The van der Waals surface area contributed by atoms with Crippen molar-refractivity contribution in [3.05, 3.63) is 35.4 Å². The molecule has 0 aliphatic rings. The molecule has 1 unspecified atom stereocenters. The molecule has 126 valence electrons. The molecule has 0 bridgehead atoms. The van der Waals surface area contributed by atoms with Gasteiger partial charge < -0.3 is 14.8 Å². The summed E-state index contributed by atoms with van der Waals surface area (Å²) < 4.78 is 10.1. The molecule has 5 heteroatoms. The topological polar surface area (TPSA) is 64.6 Å². The molecule has 0 aliphatic carbocycles. The zero-order valence-corrected chi connectivity index (χ0v) is 14.4. The van der Waals surface area contributed by atoms with E-state index in [1.807, 2.05) is 32.0 Å². The van der Waals surface area contributed by atoms with Gasteiger partial charge in [-0.05, 0) is 38.5 Å². The van der Waals surface area contributed by atoms with E-state index in [2.05, 4.69) is 5.32 Å². The van der Waals surface area contributed by atoms with E-state index in [-0.39, 0.29) is 5.91 Å². The number of aryl methyl sites for hydroxylation is 1. The largest absolute Gasteiger partial charge is 0.496 e. The second kappa shape index (κ2) is 8.36. The van der Waals surface area contributed by atoms with Gasteiger partial charge in [0.05, 0.1) is 14.2 Å². The third kappa shape index (κ3) is 5.13. The minimum atomic E-state index is -1.03. The van der Waals surface area contributed by atoms with E-state index in [1.165, 1.54) is 13.2 Å². The number of carbonyl (C=O) groups excluding carboxylic acids is 2. The van der Waals surface area contributed by atoms with Gasteiger partial charge in [-0.25, -0.2) is 4.79 Å². The van der Waals surface area contributed by atoms with Crippen LogP contribution in [0.15, 0.2) is 24.3 Å². The van der Waals surface area contributed by atoms with Gasteiger partial charge in [0.2, 0.25) is 5.91 Å². The number of nitrogens with one attached hydrogen (secondary N) is 1. The highest BCUT2D eigenvalue weighted by Crippen LogP contribution is 2.21. The van der Waals surface area contributed by atoms with Crippen LogP contribution in [0.5, 0.6) is 5.75 Å². The van der Waals surface area contributed by atoms with Crippen molar-refractivity contribution in [3.63, 3.8) is 0 Å². The summed E-state index contributed by atoms with van der Waals surface area (Å²) in [6.45, 7) is 5.58. The zero-order chi connectivity index (χ0) is 17.5. The van der Waals surface area contributed by atoms with Crippen molar-refractivity contribution in [1.82, 2.24) is 5.32 Å². The lowest BCUT2D eigenvalue weighted by Crippen LogP contribution is -2.52. The first-order valence-corrected chi connectivity index (χ1v) is 7.59. The molecule has 0 aliphatic heterocycles. The highest BCUT2D eigenvalue weighted by molar-refractivity contribution is 5.96. The Labute approximate surface area is 137 Å². The van der Waals surface area contributed by atoms with Crippen LogP contribution in [0.4, 0.5) is 0 Å². The second-order valence-corrected chi connectivity index (χ2v) is 5.64. The van der Waals surface area contributed by atoms with Crippen LogP contribution in [-0.4, -0.2) is 31.6 Å². The van der Waals surface area contributed by atoms with Crippen LogP contribution in [0, 0.1) is 6.92 Å². The van der Waals surface area contributed by atoms with Gasteiger partial charge in [-0.1, -0.05) is 25.0 Å². The molecule has 0 fully saturated rings. The van der Waals surface area contributed by atoms with Gasteiger partial charge in [0.1, 0.15) is 11.3 Å². The van der Waals surface area contributed by atoms with Gasteiger partial charge in [0, 0.05) is 11.6 Å². The van der Waals surface area contributed by atoms with Crippen molar-refractivity contribution in [2.75, 3.05) is 14.2 Å². The number of hydrogen-bond donors (Lipinski definition) is 1. The summed E-state index contributed by atoms with van der Waals surface area (Å²) in [5, 5.41) is 2.73. The van der Waals surface area contributed by atoms with Crippen LogP contribution in [0.2, 0.25) is 0 Å². The zero-order valence-electron chi connectivity index (χ0n) is 14.4. The number of benzene rings is 1. The molecule has 0 aromatic heterocycles. The maximum absolute atomic E-state index is 12.2. The van der Waals surface area contributed by atoms with E-state index < -0.39 is 11.5 Å². The fourth-order valence-corrected chi connectivity index (χ4v) is 2.40. The number of methoxy groups -OCH3 is 2. The van der Waals surface area contributed by atoms with Crippen molar-refractivity contribution in [3.8, 4) is 5.75 Å². The van der Waals surface area contributed by atoms with E-state index in [0.717, 1.165) is 17.5 Å². The number of ether oxygens (including phenoxy) is 2. The van der Waals surface area contributed by atoms with Gasteiger partial charge in [-0.2, -0.15) is 0 Å². The highest BCUT2D eigenvalue weighted by Gasteiger charge is 2.34. The van der Waals surface area contributed by atoms with E-state index in [0.29, 0.717) is 12.2 Å². The monoisotopic (exact) mass is 319 g/mol. The first-order chi connectivity index (χ1) is 10.9. The fourth-order valence-electron chi connectivity index (χ4n) is 2.40. The normalized spacial score (nSPS) is 13.4. The van der Waals surface area contributed by atoms with E-state index >= 15 is 0 Å². The predicted octanol–water partition coefficient (Wildman–Crippen LogP) is 2.86. The summed E-state index contributed by atoms with van der Waals surface area (Å²) >= 11 is 0. The summed E-state index contributed by atoms with van der Waals surface area (Å²) in [6.07, 6.45) is 4.33. The van der Waals surface area contributed by atoms with Crippen LogP contribution in [0.3, 0.4) is 0 Å². The molecule has 1 amide bonds. The van der Waals surface area contributed by atoms with Crippen molar-refractivity contribution in [1.29, 1.82) is 0 Å². The number of carbonyl (C=O) groups is 2. The Morgan fingerprint density at radius 1 is 1.30 bits per heavy atom. The molecule has 0 heterocycles. The maximum Gasteiger partial charge on any atom is 0.331 e. The van der Waals surface area contributed by atoms with Crippen LogP contribution >= 0.6 is 0 Å². The molecule has 0 saturated carbocycles. The number of rotatable bonds is 7. The number of esters is 1. The smallest absolute Gasteiger partial charge is 0.331 e. The molecule has 1 rings (SSSR count). The van der Waals surface area contributed by atoms with Gasteiger partial charge in [-0.15, -0.1) is 0 Å². The Morgan fingerprint density at radius 3 is 2.57 bits per heavy atom. The lowest BCUT2D eigenvalue weighted by molar-refractivity contribution is -0.150. The average molecular weight is 319 g/mol. The SMILES string of the molecule is CCCC(C)(NC(=O)/C=C/c1cc(C)ccc1OC)C(=O)OC. The Bertz CT molecular complexity index is 595. The van der Waals surface area contributed by atoms with Crippen LogP contribution in [0.1, 0.15) is 37.8 Å². The molecule has 0 radical (unpaired) electrons. The molecule has 1 aromatic rings. The van der Waals surface area contributed by atoms with Gasteiger partial charge in [0.25, 0.3) is 0 Å². The molecular weight excluding hydrogens is 294 g/mol. The Morgan fingerprint density at radius 2 is 2.00 bits per heavy atom. The van der Waals surface area contributed by atoms with Crippen molar-refractivity contribution >= 4 is 18.0 Å². The summed E-state index contributed by atoms with van der Waals surface area (Å²) in [5.41, 5.74) is 0.843. The van der Waals surface area contributed by atoms with E-state index in [9.17, 15) is 9.59 Å². The third-order valence-corrected chi connectivity index (χ3v) is 3.58. The van der Waals surface area contributed by atoms with Crippen molar-refractivity contribution in [2.24, 2.45) is 0 Å². The summed E-state index contributed by atoms with van der Waals surface area (Å²) in [7, 11) is 2.90. The van der Waals surface area contributed by atoms with E-state index in [1.54, 1.807) is 20.1 Å². The van der Waals surface area contributed by atoms with E-state index in [4.69, 9.17) is 9.47 Å². The minimum Gasteiger partial charge on any atom is -0.496 e. The molecule has 1 aromatic carbocycles. The molecule has 1 atom stereocenters. The fraction of sp³-hybridized carbons (Fsp3) is 0.444. The standard InChI is InChI=1S/C18H25NO4/c1-6-11-18(3,17(21)23-5)19-16(20)10-8-14-12-13(2)7-9-15(14)22-4/h7-10,12H,6,11H2,1-5H3,(H,19,20)/b10-8+. The maximum atomic E-state index is 12.2. The Kier molecular flexibility index (Phi) is 6.82. The third-order valence-electron chi connectivity index (χ3n) is 3.58. The average Bonchev–Trinajstić information content (AvgIpc) is 2.52. The number of amides is 1. The first kappa shape index (κ1) is 18.7. The Balaban J connectivity index is 2.90. The number of hydrogen-bond acceptors (Lipinski definition) is 4. The predicted molar refractivity (Wildman–Crippen MR) is 90.2 cm³/mol. The van der Waals surface area contributed by atoms with Gasteiger partial charge in [0.15, 0.2) is 0 Å². The van der Waals surface area contributed by atoms with Crippen molar-refractivity contribution < 1.29 is 19.1 Å². The second-order valence-electron chi connectivity index (χ2n) is 5.64. The van der Waals surface area contributed by atoms with Crippen molar-refractivity contribution in [2.45, 2.75) is 39.2 Å². The summed E-state index contributed by atoms with van der Waals surface area (Å²) in [4.78, 5) is 24.1. The molecule has 23 heavy (non-hydrogen) atoms. The van der Waals surface area contributed by atoms with Crippen LogP contribution < -0.4 is 10.1 Å². The Hall–Kier alpha value is -2.30. The van der Waals surface area contributed by atoms with Gasteiger partial charge >= 0.3 is 5.97 Å². The molecule has 1 N–H and O–H groups in total. The summed E-state index contributed by atoms with van der Waals surface area (Å²) in [6, 6.07) is 5.71. The molecule has 0 spiro atoms. The minimum absolute atomic E-state index is 0.352. The van der Waals surface area contributed by atoms with Crippen LogP contribution in [0.25, 0.3) is 6.08 Å². The van der Waals surface area contributed by atoms with Gasteiger partial charge in [-0.3, -0.25) is 4.79 Å². The molecule has 5 nitrogen and oxygen atoms in total. The first-order valence-electron chi connectivity index (χ1n) is 7.59. The molecular formula is C18H25NO4. The molecule has 0 saturated heterocycles.